The summed E-state index contributed by atoms with van der Waals surface area (Å²) >= 11 is 3.24. The smallest absolute Gasteiger partial charge is 0.406 e. The normalized spacial score (nSPS) is 11.2. The number of benzene rings is 1. The topological polar surface area (TPSA) is 29.5 Å². The van der Waals surface area contributed by atoms with Gasteiger partial charge in [-0.05, 0) is 31.2 Å². The maximum Gasteiger partial charge on any atom is 0.573 e. The van der Waals surface area contributed by atoms with Crippen molar-refractivity contribution in [2.45, 2.75) is 13.3 Å². The molecule has 0 atom stereocenters. The lowest BCUT2D eigenvalue weighted by molar-refractivity contribution is -0.274. The Hall–Kier alpha value is -1.24. The van der Waals surface area contributed by atoms with Gasteiger partial charge < -0.3 is 9.64 Å². The van der Waals surface area contributed by atoms with Gasteiger partial charge in [0.1, 0.15) is 5.75 Å². The molecule has 0 bridgehead atoms. The lowest BCUT2D eigenvalue weighted by Gasteiger charge is -2.19. The molecule has 0 saturated heterocycles. The Bertz CT molecular complexity index is 420. The minimum Gasteiger partial charge on any atom is -0.406 e. The molecule has 0 aliphatic carbocycles. The molecule has 7 heteroatoms. The van der Waals surface area contributed by atoms with Crippen LogP contribution in [0.25, 0.3) is 0 Å². The standard InChI is InChI=1S/C12H13BrF3NO2/c1-2-17(8-7-13)11(18)9-3-5-10(6-4-9)19-12(14,15)16/h3-6H,2,7-8H2,1H3. The number of alkyl halides is 4. The quantitative estimate of drug-likeness (QED) is 0.769. The zero-order valence-corrected chi connectivity index (χ0v) is 11.8. The first kappa shape index (κ1) is 15.8. The Kier molecular flexibility index (Phi) is 5.65. The molecule has 0 unspecified atom stereocenters. The van der Waals surface area contributed by atoms with Gasteiger partial charge in [0.2, 0.25) is 0 Å². The molecule has 0 saturated carbocycles. The highest BCUT2D eigenvalue weighted by atomic mass is 79.9. The molecule has 0 heterocycles. The fraction of sp³-hybridized carbons (Fsp3) is 0.417. The monoisotopic (exact) mass is 339 g/mol. The molecule has 0 N–H and O–H groups in total. The highest BCUT2D eigenvalue weighted by Crippen LogP contribution is 2.23. The molecule has 0 aliphatic heterocycles. The first-order valence-electron chi connectivity index (χ1n) is 5.58. The van der Waals surface area contributed by atoms with Crippen LogP contribution in [0.5, 0.6) is 5.75 Å². The van der Waals surface area contributed by atoms with E-state index >= 15 is 0 Å². The van der Waals surface area contributed by atoms with E-state index < -0.39 is 6.36 Å². The molecular formula is C12H13BrF3NO2. The number of hydrogen-bond donors (Lipinski definition) is 0. The Morgan fingerprint density at radius 2 is 1.89 bits per heavy atom. The largest absolute Gasteiger partial charge is 0.573 e. The van der Waals surface area contributed by atoms with Crippen molar-refractivity contribution in [2.75, 3.05) is 18.4 Å². The number of nitrogens with zero attached hydrogens (tertiary/aromatic N) is 1. The van der Waals surface area contributed by atoms with Crippen molar-refractivity contribution < 1.29 is 22.7 Å². The SMILES string of the molecule is CCN(CCBr)C(=O)c1ccc(OC(F)(F)F)cc1. The van der Waals surface area contributed by atoms with Crippen LogP contribution in [0.15, 0.2) is 24.3 Å². The second kappa shape index (κ2) is 6.79. The predicted octanol–water partition coefficient (Wildman–Crippen LogP) is 3.44. The van der Waals surface area contributed by atoms with Crippen LogP contribution in [-0.2, 0) is 0 Å². The second-order valence-electron chi connectivity index (χ2n) is 3.65. The summed E-state index contributed by atoms with van der Waals surface area (Å²) in [7, 11) is 0. The first-order valence-corrected chi connectivity index (χ1v) is 6.70. The minimum absolute atomic E-state index is 0.222. The van der Waals surface area contributed by atoms with E-state index in [-0.39, 0.29) is 11.7 Å². The molecule has 0 fully saturated rings. The highest BCUT2D eigenvalue weighted by molar-refractivity contribution is 9.09. The Morgan fingerprint density at radius 1 is 1.32 bits per heavy atom. The fourth-order valence-corrected chi connectivity index (χ4v) is 1.92. The average Bonchev–Trinajstić information content (AvgIpc) is 2.34. The van der Waals surface area contributed by atoms with E-state index in [0.717, 1.165) is 12.1 Å². The lowest BCUT2D eigenvalue weighted by Crippen LogP contribution is -2.32. The predicted molar refractivity (Wildman–Crippen MR) is 68.5 cm³/mol. The molecule has 106 valence electrons. The molecule has 19 heavy (non-hydrogen) atoms. The summed E-state index contributed by atoms with van der Waals surface area (Å²) in [5.41, 5.74) is 0.331. The van der Waals surface area contributed by atoms with E-state index in [0.29, 0.717) is 24.0 Å². The molecule has 0 radical (unpaired) electrons. The second-order valence-corrected chi connectivity index (χ2v) is 4.44. The van der Waals surface area contributed by atoms with Gasteiger partial charge in [-0.2, -0.15) is 0 Å². The third-order valence-corrected chi connectivity index (χ3v) is 2.71. The summed E-state index contributed by atoms with van der Waals surface area (Å²) in [5, 5.41) is 0.641. The van der Waals surface area contributed by atoms with Gasteiger partial charge in [0.15, 0.2) is 0 Å². The van der Waals surface area contributed by atoms with E-state index in [1.54, 1.807) is 4.90 Å². The van der Waals surface area contributed by atoms with E-state index in [1.165, 1.54) is 12.1 Å². The van der Waals surface area contributed by atoms with Gasteiger partial charge in [-0.3, -0.25) is 4.79 Å². The van der Waals surface area contributed by atoms with E-state index in [2.05, 4.69) is 20.7 Å². The van der Waals surface area contributed by atoms with Crippen molar-refractivity contribution in [3.8, 4) is 5.75 Å². The fourth-order valence-electron chi connectivity index (χ4n) is 1.49. The number of amides is 1. The molecule has 0 aromatic heterocycles. The van der Waals surface area contributed by atoms with Gasteiger partial charge in [-0.15, -0.1) is 13.2 Å². The molecule has 3 nitrogen and oxygen atoms in total. The number of ether oxygens (including phenoxy) is 1. The van der Waals surface area contributed by atoms with Crippen molar-refractivity contribution in [2.24, 2.45) is 0 Å². The van der Waals surface area contributed by atoms with Crippen molar-refractivity contribution in [3.05, 3.63) is 29.8 Å². The van der Waals surface area contributed by atoms with Crippen LogP contribution in [0.2, 0.25) is 0 Å². The number of rotatable bonds is 5. The van der Waals surface area contributed by atoms with Gasteiger partial charge >= 0.3 is 6.36 Å². The number of halogens is 4. The minimum atomic E-state index is -4.73. The Balaban J connectivity index is 2.78. The summed E-state index contributed by atoms with van der Waals surface area (Å²) in [6.07, 6.45) is -4.73. The lowest BCUT2D eigenvalue weighted by atomic mass is 10.2. The van der Waals surface area contributed by atoms with Gasteiger partial charge in [0.25, 0.3) is 5.91 Å². The van der Waals surface area contributed by atoms with E-state index in [9.17, 15) is 18.0 Å². The van der Waals surface area contributed by atoms with Crippen LogP contribution in [0, 0.1) is 0 Å². The molecule has 0 spiro atoms. The van der Waals surface area contributed by atoms with Crippen LogP contribution >= 0.6 is 15.9 Å². The van der Waals surface area contributed by atoms with Crippen LogP contribution in [0.1, 0.15) is 17.3 Å². The van der Waals surface area contributed by atoms with Crippen LogP contribution in [0.3, 0.4) is 0 Å². The van der Waals surface area contributed by atoms with E-state index in [4.69, 9.17) is 0 Å². The maximum atomic E-state index is 12.0. The summed E-state index contributed by atoms with van der Waals surface area (Å²) < 4.78 is 39.7. The number of hydrogen-bond acceptors (Lipinski definition) is 2. The Labute approximate surface area is 117 Å². The molecule has 1 rings (SSSR count). The molecule has 1 amide bonds. The average molecular weight is 340 g/mol. The van der Waals surface area contributed by atoms with Gasteiger partial charge in [0.05, 0.1) is 0 Å². The molecular weight excluding hydrogens is 327 g/mol. The van der Waals surface area contributed by atoms with Crippen LogP contribution in [0.4, 0.5) is 13.2 Å². The zero-order valence-electron chi connectivity index (χ0n) is 10.2. The molecule has 1 aromatic carbocycles. The summed E-state index contributed by atoms with van der Waals surface area (Å²) in [6.45, 7) is 2.91. The highest BCUT2D eigenvalue weighted by Gasteiger charge is 2.31. The number of carbonyl (C=O) groups excluding carboxylic acids is 1. The van der Waals surface area contributed by atoms with Crippen molar-refractivity contribution in [3.63, 3.8) is 0 Å². The third-order valence-electron chi connectivity index (χ3n) is 2.36. The van der Waals surface area contributed by atoms with Gasteiger partial charge in [-0.1, -0.05) is 15.9 Å². The zero-order chi connectivity index (χ0) is 14.5. The van der Waals surface area contributed by atoms with Gasteiger partial charge in [-0.25, -0.2) is 0 Å². The molecule has 0 aliphatic rings. The maximum absolute atomic E-state index is 12.0. The first-order chi connectivity index (χ1) is 8.87. The van der Waals surface area contributed by atoms with E-state index in [1.807, 2.05) is 6.92 Å². The molecule has 1 aromatic rings. The van der Waals surface area contributed by atoms with Crippen molar-refractivity contribution in [1.82, 2.24) is 4.90 Å². The third kappa shape index (κ3) is 5.10. The van der Waals surface area contributed by atoms with Crippen molar-refractivity contribution >= 4 is 21.8 Å². The van der Waals surface area contributed by atoms with Crippen LogP contribution in [-0.4, -0.2) is 35.6 Å². The van der Waals surface area contributed by atoms with Crippen LogP contribution < -0.4 is 4.74 Å². The summed E-state index contributed by atoms with van der Waals surface area (Å²) in [4.78, 5) is 13.6. The van der Waals surface area contributed by atoms with Crippen molar-refractivity contribution in [1.29, 1.82) is 0 Å². The Morgan fingerprint density at radius 3 is 2.32 bits per heavy atom. The van der Waals surface area contributed by atoms with Gasteiger partial charge in [0, 0.05) is 24.0 Å². The summed E-state index contributed by atoms with van der Waals surface area (Å²) in [5.74, 6) is -0.562. The number of carbonyl (C=O) groups is 1. The summed E-state index contributed by atoms with van der Waals surface area (Å²) in [6, 6.07) is 4.89.